The van der Waals surface area contributed by atoms with Crippen molar-refractivity contribution in [3.05, 3.63) is 22.5 Å². The second-order valence-corrected chi connectivity index (χ2v) is 7.17. The number of benzene rings is 1. The molecule has 0 unspecified atom stereocenters. The summed E-state index contributed by atoms with van der Waals surface area (Å²) in [5.74, 6) is 0.560. The molecule has 22 heavy (non-hydrogen) atoms. The summed E-state index contributed by atoms with van der Waals surface area (Å²) in [6.45, 7) is 5.89. The van der Waals surface area contributed by atoms with Crippen LogP contribution >= 0.6 is 22.9 Å². The molecule has 2 aromatic rings. The number of nitrogens with zero attached hydrogens (tertiary/aromatic N) is 2. The fraction of sp³-hybridized carbons (Fsp3) is 0.333. The number of halogens is 1. The summed E-state index contributed by atoms with van der Waals surface area (Å²) in [6, 6.07) is 3.53. The van der Waals surface area contributed by atoms with Gasteiger partial charge in [0.05, 0.1) is 17.9 Å². The molecule has 1 aromatic heterocycles. The second kappa shape index (κ2) is 5.14. The van der Waals surface area contributed by atoms with E-state index in [9.17, 15) is 4.79 Å². The van der Waals surface area contributed by atoms with Crippen LogP contribution in [0.15, 0.2) is 17.5 Å². The Morgan fingerprint density at radius 1 is 1.50 bits per heavy atom. The van der Waals surface area contributed by atoms with E-state index in [0.717, 1.165) is 5.56 Å². The summed E-state index contributed by atoms with van der Waals surface area (Å²) in [5.41, 5.74) is 7.34. The third kappa shape index (κ3) is 2.64. The van der Waals surface area contributed by atoms with Gasteiger partial charge in [-0.2, -0.15) is 0 Å². The van der Waals surface area contributed by atoms with Gasteiger partial charge in [-0.25, -0.2) is 4.98 Å². The average Bonchev–Trinajstić information content (AvgIpc) is 2.83. The number of hydrogen-bond acceptors (Lipinski definition) is 5. The number of amides is 1. The molecule has 116 valence electrons. The molecule has 0 fully saturated rings. The Labute approximate surface area is 137 Å². The van der Waals surface area contributed by atoms with Crippen LogP contribution in [-0.2, 0) is 4.79 Å². The molecule has 1 aliphatic rings. The standard InChI is InChI=1S/C15H16ClN3O2S/c1-8(20)19-7-15(2,3)21-13-10(4-9(16)5-12(13)19)11-6-22-14(17)18-11/h4-6H,7H2,1-3H3,(H2,17,18). The minimum atomic E-state index is -0.497. The lowest BCUT2D eigenvalue weighted by atomic mass is 10.0. The lowest BCUT2D eigenvalue weighted by Gasteiger charge is -2.40. The van der Waals surface area contributed by atoms with Crippen molar-refractivity contribution in [2.45, 2.75) is 26.4 Å². The van der Waals surface area contributed by atoms with E-state index in [4.69, 9.17) is 22.1 Å². The molecule has 3 rings (SSSR count). The van der Waals surface area contributed by atoms with Gasteiger partial charge in [-0.05, 0) is 26.0 Å². The number of nitrogen functional groups attached to an aromatic ring is 1. The molecular weight excluding hydrogens is 322 g/mol. The van der Waals surface area contributed by atoms with E-state index in [2.05, 4.69) is 4.98 Å². The highest BCUT2D eigenvalue weighted by Crippen LogP contribution is 2.46. The number of ether oxygens (including phenoxy) is 1. The monoisotopic (exact) mass is 337 g/mol. The van der Waals surface area contributed by atoms with Gasteiger partial charge in [0.15, 0.2) is 10.9 Å². The van der Waals surface area contributed by atoms with E-state index in [1.807, 2.05) is 19.2 Å². The molecule has 0 spiro atoms. The van der Waals surface area contributed by atoms with Crippen LogP contribution in [0.5, 0.6) is 5.75 Å². The smallest absolute Gasteiger partial charge is 0.224 e. The van der Waals surface area contributed by atoms with E-state index in [1.165, 1.54) is 18.3 Å². The number of nitrogens with two attached hydrogens (primary N) is 1. The first-order valence-corrected chi connectivity index (χ1v) is 8.05. The zero-order valence-electron chi connectivity index (χ0n) is 12.5. The summed E-state index contributed by atoms with van der Waals surface area (Å²) >= 11 is 7.58. The number of carbonyl (C=O) groups excluding carboxylic acids is 1. The van der Waals surface area contributed by atoms with Crippen LogP contribution in [-0.4, -0.2) is 23.0 Å². The quantitative estimate of drug-likeness (QED) is 0.863. The Bertz CT molecular complexity index is 757. The predicted octanol–water partition coefficient (Wildman–Crippen LogP) is 3.57. The first-order valence-electron chi connectivity index (χ1n) is 6.79. The van der Waals surface area contributed by atoms with Crippen molar-refractivity contribution in [3.8, 4) is 17.0 Å². The van der Waals surface area contributed by atoms with E-state index in [1.54, 1.807) is 17.0 Å². The third-order valence-corrected chi connectivity index (χ3v) is 4.31. The summed E-state index contributed by atoms with van der Waals surface area (Å²) in [5, 5.41) is 2.85. The maximum absolute atomic E-state index is 12.0. The molecule has 1 aliphatic heterocycles. The number of rotatable bonds is 1. The minimum absolute atomic E-state index is 0.0522. The van der Waals surface area contributed by atoms with Gasteiger partial charge in [-0.15, -0.1) is 11.3 Å². The van der Waals surface area contributed by atoms with E-state index >= 15 is 0 Å². The molecule has 7 heteroatoms. The van der Waals surface area contributed by atoms with Crippen molar-refractivity contribution in [3.63, 3.8) is 0 Å². The molecular formula is C15H16ClN3O2S. The maximum atomic E-state index is 12.0. The number of carbonyl (C=O) groups is 1. The molecule has 5 nitrogen and oxygen atoms in total. The molecule has 0 atom stereocenters. The van der Waals surface area contributed by atoms with Gasteiger partial charge < -0.3 is 15.4 Å². The van der Waals surface area contributed by atoms with Crippen molar-refractivity contribution < 1.29 is 9.53 Å². The van der Waals surface area contributed by atoms with Crippen molar-refractivity contribution in [1.29, 1.82) is 0 Å². The zero-order chi connectivity index (χ0) is 16.1. The first-order chi connectivity index (χ1) is 10.3. The normalized spacial score (nSPS) is 16.1. The van der Waals surface area contributed by atoms with Gasteiger partial charge in [-0.3, -0.25) is 4.79 Å². The lowest BCUT2D eigenvalue weighted by Crippen LogP contribution is -2.48. The van der Waals surface area contributed by atoms with Gasteiger partial charge in [0, 0.05) is 22.9 Å². The summed E-state index contributed by atoms with van der Waals surface area (Å²) in [7, 11) is 0. The molecule has 0 saturated carbocycles. The maximum Gasteiger partial charge on any atom is 0.224 e. The molecule has 0 bridgehead atoms. The number of hydrogen-bond donors (Lipinski definition) is 1. The van der Waals surface area contributed by atoms with E-state index in [-0.39, 0.29) is 5.91 Å². The zero-order valence-corrected chi connectivity index (χ0v) is 14.1. The molecule has 1 amide bonds. The third-order valence-electron chi connectivity index (χ3n) is 3.42. The summed E-state index contributed by atoms with van der Waals surface area (Å²) < 4.78 is 6.12. The van der Waals surface area contributed by atoms with Crippen molar-refractivity contribution in [2.24, 2.45) is 0 Å². The van der Waals surface area contributed by atoms with E-state index in [0.29, 0.717) is 33.8 Å². The molecule has 0 radical (unpaired) electrons. The fourth-order valence-electron chi connectivity index (χ4n) is 2.54. The molecule has 0 aliphatic carbocycles. The van der Waals surface area contributed by atoms with Crippen LogP contribution in [0.25, 0.3) is 11.3 Å². The Hall–Kier alpha value is -1.79. The van der Waals surface area contributed by atoms with E-state index < -0.39 is 5.60 Å². The minimum Gasteiger partial charge on any atom is -0.483 e. The molecule has 1 aromatic carbocycles. The number of anilines is 2. The highest BCUT2D eigenvalue weighted by atomic mass is 35.5. The van der Waals surface area contributed by atoms with Crippen LogP contribution < -0.4 is 15.4 Å². The van der Waals surface area contributed by atoms with Crippen molar-refractivity contribution in [1.82, 2.24) is 4.98 Å². The average molecular weight is 338 g/mol. The summed E-state index contributed by atoms with van der Waals surface area (Å²) in [4.78, 5) is 18.0. The summed E-state index contributed by atoms with van der Waals surface area (Å²) in [6.07, 6.45) is 0. The van der Waals surface area contributed by atoms with Crippen LogP contribution in [0.2, 0.25) is 5.02 Å². The van der Waals surface area contributed by atoms with Crippen molar-refractivity contribution in [2.75, 3.05) is 17.2 Å². The number of aromatic nitrogens is 1. The van der Waals surface area contributed by atoms with Crippen LogP contribution in [0.3, 0.4) is 0 Å². The second-order valence-electron chi connectivity index (χ2n) is 5.84. The van der Waals surface area contributed by atoms with Gasteiger partial charge in [-0.1, -0.05) is 11.6 Å². The first kappa shape index (κ1) is 15.1. The molecule has 0 saturated heterocycles. The van der Waals surface area contributed by atoms with Gasteiger partial charge >= 0.3 is 0 Å². The van der Waals surface area contributed by atoms with Crippen LogP contribution in [0, 0.1) is 0 Å². The van der Waals surface area contributed by atoms with Gasteiger partial charge in [0.25, 0.3) is 0 Å². The molecule has 2 N–H and O–H groups in total. The lowest BCUT2D eigenvalue weighted by molar-refractivity contribution is -0.117. The topological polar surface area (TPSA) is 68.5 Å². The highest BCUT2D eigenvalue weighted by molar-refractivity contribution is 7.13. The van der Waals surface area contributed by atoms with Crippen LogP contribution in [0.4, 0.5) is 10.8 Å². The van der Waals surface area contributed by atoms with Gasteiger partial charge in [0.1, 0.15) is 5.60 Å². The number of thiazole rings is 1. The Kier molecular flexibility index (Phi) is 3.53. The highest BCUT2D eigenvalue weighted by Gasteiger charge is 2.36. The predicted molar refractivity (Wildman–Crippen MR) is 89.7 cm³/mol. The largest absolute Gasteiger partial charge is 0.483 e. The Morgan fingerprint density at radius 3 is 2.82 bits per heavy atom. The van der Waals surface area contributed by atoms with Crippen LogP contribution in [0.1, 0.15) is 20.8 Å². The van der Waals surface area contributed by atoms with Crippen molar-refractivity contribution >= 4 is 39.7 Å². The SMILES string of the molecule is CC(=O)N1CC(C)(C)Oc2c(-c3csc(N)n3)cc(Cl)cc21. The molecule has 2 heterocycles. The Balaban J connectivity index is 2.24. The number of fused-ring (bicyclic) bond motifs is 1. The van der Waals surface area contributed by atoms with Gasteiger partial charge in [0.2, 0.25) is 5.91 Å². The fourth-order valence-corrected chi connectivity index (χ4v) is 3.32. The Morgan fingerprint density at radius 2 is 2.23 bits per heavy atom.